The molecule has 0 spiro atoms. The van der Waals surface area contributed by atoms with Gasteiger partial charge in [0, 0.05) is 0 Å². The average Bonchev–Trinajstić information content (AvgIpc) is 2.58. The number of rotatable bonds is 6. The van der Waals surface area contributed by atoms with Gasteiger partial charge in [0.15, 0.2) is 11.5 Å². The Labute approximate surface area is 145 Å². The van der Waals surface area contributed by atoms with E-state index in [1.165, 1.54) is 20.3 Å². The number of para-hydroxylation sites is 1. The zero-order valence-electron chi connectivity index (χ0n) is 14.6. The van der Waals surface area contributed by atoms with Crippen LogP contribution in [0.2, 0.25) is 0 Å². The van der Waals surface area contributed by atoms with Crippen molar-refractivity contribution in [2.75, 3.05) is 19.5 Å². The number of carbonyl (C=O) groups excluding carboxylic acids is 1. The predicted octanol–water partition coefficient (Wildman–Crippen LogP) is 4.36. The molecule has 0 aliphatic carbocycles. The molecule has 134 valence electrons. The number of methoxy groups -OCH3 is 2. The van der Waals surface area contributed by atoms with E-state index in [1.54, 1.807) is 18.2 Å². The largest absolute Gasteiger partial charge is 0.493 e. The summed E-state index contributed by atoms with van der Waals surface area (Å²) >= 11 is 0. The third-order valence-electron chi connectivity index (χ3n) is 3.93. The van der Waals surface area contributed by atoms with Crippen molar-refractivity contribution >= 4 is 11.6 Å². The first-order chi connectivity index (χ1) is 11.9. The van der Waals surface area contributed by atoms with Crippen molar-refractivity contribution in [1.82, 2.24) is 0 Å². The van der Waals surface area contributed by atoms with E-state index in [0.717, 1.165) is 12.1 Å². The summed E-state index contributed by atoms with van der Waals surface area (Å²) in [6, 6.07) is 8.57. The number of halogens is 2. The zero-order chi connectivity index (χ0) is 18.6. The molecule has 0 aliphatic heterocycles. The van der Waals surface area contributed by atoms with Crippen LogP contribution >= 0.6 is 0 Å². The van der Waals surface area contributed by atoms with Crippen LogP contribution in [0.5, 0.6) is 11.5 Å². The summed E-state index contributed by atoms with van der Waals surface area (Å²) in [5.74, 6) is -1.82. The minimum absolute atomic E-state index is 0.104. The second kappa shape index (κ2) is 7.96. The number of amides is 1. The van der Waals surface area contributed by atoms with Crippen LogP contribution in [0, 0.1) is 17.6 Å². The molecule has 2 aromatic rings. The van der Waals surface area contributed by atoms with E-state index in [1.807, 2.05) is 13.8 Å². The molecule has 0 aromatic heterocycles. The van der Waals surface area contributed by atoms with Crippen LogP contribution in [-0.2, 0) is 4.79 Å². The molecule has 0 saturated carbocycles. The highest BCUT2D eigenvalue weighted by molar-refractivity contribution is 5.96. The van der Waals surface area contributed by atoms with Crippen molar-refractivity contribution in [3.05, 3.63) is 53.6 Å². The standard InChI is InChI=1S/C19H21F2NO3/c1-11(2)17(12-8-9-15(24-3)16(10-12)25-4)19(23)22-18-13(20)6-5-7-14(18)21/h5-11,17H,1-4H3,(H,22,23). The monoisotopic (exact) mass is 349 g/mol. The van der Waals surface area contributed by atoms with Gasteiger partial charge in [-0.05, 0) is 35.7 Å². The van der Waals surface area contributed by atoms with Crippen molar-refractivity contribution < 1.29 is 23.0 Å². The van der Waals surface area contributed by atoms with E-state index < -0.39 is 29.1 Å². The molecule has 4 nitrogen and oxygen atoms in total. The number of nitrogens with one attached hydrogen (secondary N) is 1. The smallest absolute Gasteiger partial charge is 0.232 e. The molecular weight excluding hydrogens is 328 g/mol. The van der Waals surface area contributed by atoms with Gasteiger partial charge in [0.1, 0.15) is 17.3 Å². The maximum Gasteiger partial charge on any atom is 0.232 e. The van der Waals surface area contributed by atoms with Gasteiger partial charge < -0.3 is 14.8 Å². The second-order valence-corrected chi connectivity index (χ2v) is 5.92. The Balaban J connectivity index is 2.36. The number of hydrogen-bond donors (Lipinski definition) is 1. The fraction of sp³-hybridized carbons (Fsp3) is 0.316. The zero-order valence-corrected chi connectivity index (χ0v) is 14.6. The first-order valence-corrected chi connectivity index (χ1v) is 7.85. The van der Waals surface area contributed by atoms with E-state index in [4.69, 9.17) is 9.47 Å². The van der Waals surface area contributed by atoms with Crippen LogP contribution in [0.4, 0.5) is 14.5 Å². The summed E-state index contributed by atoms with van der Waals surface area (Å²) in [7, 11) is 3.02. The van der Waals surface area contributed by atoms with Crippen molar-refractivity contribution in [2.45, 2.75) is 19.8 Å². The summed E-state index contributed by atoms with van der Waals surface area (Å²) in [6.07, 6.45) is 0. The topological polar surface area (TPSA) is 47.6 Å². The van der Waals surface area contributed by atoms with E-state index in [-0.39, 0.29) is 5.92 Å². The van der Waals surface area contributed by atoms with Gasteiger partial charge in [-0.15, -0.1) is 0 Å². The number of hydrogen-bond acceptors (Lipinski definition) is 3. The molecule has 1 N–H and O–H groups in total. The summed E-state index contributed by atoms with van der Waals surface area (Å²) in [6.45, 7) is 3.72. The van der Waals surface area contributed by atoms with Crippen LogP contribution in [0.25, 0.3) is 0 Å². The summed E-state index contributed by atoms with van der Waals surface area (Å²) in [4.78, 5) is 12.7. The number of benzene rings is 2. The van der Waals surface area contributed by atoms with Gasteiger partial charge in [-0.2, -0.15) is 0 Å². The molecule has 0 saturated heterocycles. The molecule has 0 aliphatic rings. The SMILES string of the molecule is COc1ccc(C(C(=O)Nc2c(F)cccc2F)C(C)C)cc1OC. The molecule has 25 heavy (non-hydrogen) atoms. The molecule has 1 amide bonds. The number of carbonyl (C=O) groups is 1. The Kier molecular flexibility index (Phi) is 5.96. The van der Waals surface area contributed by atoms with Gasteiger partial charge >= 0.3 is 0 Å². The Hall–Kier alpha value is -2.63. The van der Waals surface area contributed by atoms with E-state index in [0.29, 0.717) is 17.1 Å². The molecule has 0 bridgehead atoms. The highest BCUT2D eigenvalue weighted by Crippen LogP contribution is 2.34. The number of ether oxygens (including phenoxy) is 2. The third-order valence-corrected chi connectivity index (χ3v) is 3.93. The molecule has 2 aromatic carbocycles. The maximum atomic E-state index is 13.8. The first kappa shape index (κ1) is 18.7. The van der Waals surface area contributed by atoms with E-state index >= 15 is 0 Å². The van der Waals surface area contributed by atoms with Crippen LogP contribution < -0.4 is 14.8 Å². The predicted molar refractivity (Wildman–Crippen MR) is 92.1 cm³/mol. The lowest BCUT2D eigenvalue weighted by Crippen LogP contribution is -2.26. The highest BCUT2D eigenvalue weighted by Gasteiger charge is 2.27. The molecular formula is C19H21F2NO3. The number of anilines is 1. The Morgan fingerprint density at radius 2 is 1.60 bits per heavy atom. The molecule has 1 unspecified atom stereocenters. The normalized spacial score (nSPS) is 12.0. The van der Waals surface area contributed by atoms with Crippen LogP contribution in [0.1, 0.15) is 25.3 Å². The quantitative estimate of drug-likeness (QED) is 0.843. The van der Waals surface area contributed by atoms with Gasteiger partial charge in [-0.3, -0.25) is 4.79 Å². The average molecular weight is 349 g/mol. The van der Waals surface area contributed by atoms with Crippen molar-refractivity contribution in [2.24, 2.45) is 5.92 Å². The first-order valence-electron chi connectivity index (χ1n) is 7.85. The Morgan fingerprint density at radius 3 is 2.12 bits per heavy atom. The Morgan fingerprint density at radius 1 is 1.00 bits per heavy atom. The maximum absolute atomic E-state index is 13.8. The Bertz CT molecular complexity index is 742. The molecule has 2 rings (SSSR count). The molecule has 0 fully saturated rings. The summed E-state index contributed by atoms with van der Waals surface area (Å²) in [5, 5.41) is 2.36. The van der Waals surface area contributed by atoms with Crippen LogP contribution in [0.15, 0.2) is 36.4 Å². The van der Waals surface area contributed by atoms with Gasteiger partial charge in [0.2, 0.25) is 5.91 Å². The third kappa shape index (κ3) is 4.07. The highest BCUT2D eigenvalue weighted by atomic mass is 19.1. The lowest BCUT2D eigenvalue weighted by atomic mass is 9.87. The van der Waals surface area contributed by atoms with Gasteiger partial charge in [-0.1, -0.05) is 26.0 Å². The van der Waals surface area contributed by atoms with Gasteiger partial charge in [-0.25, -0.2) is 8.78 Å². The summed E-state index contributed by atoms with van der Waals surface area (Å²) in [5.41, 5.74) is 0.223. The molecule has 1 atom stereocenters. The van der Waals surface area contributed by atoms with Crippen LogP contribution in [0.3, 0.4) is 0 Å². The van der Waals surface area contributed by atoms with Crippen molar-refractivity contribution in [1.29, 1.82) is 0 Å². The molecule has 6 heteroatoms. The minimum atomic E-state index is -0.817. The minimum Gasteiger partial charge on any atom is -0.493 e. The van der Waals surface area contributed by atoms with Gasteiger partial charge in [0.05, 0.1) is 20.1 Å². The van der Waals surface area contributed by atoms with Crippen LogP contribution in [-0.4, -0.2) is 20.1 Å². The van der Waals surface area contributed by atoms with Crippen molar-refractivity contribution in [3.63, 3.8) is 0 Å². The molecule has 0 radical (unpaired) electrons. The van der Waals surface area contributed by atoms with Gasteiger partial charge in [0.25, 0.3) is 0 Å². The lowest BCUT2D eigenvalue weighted by Gasteiger charge is -2.22. The lowest BCUT2D eigenvalue weighted by molar-refractivity contribution is -0.118. The second-order valence-electron chi connectivity index (χ2n) is 5.92. The van der Waals surface area contributed by atoms with Crippen molar-refractivity contribution in [3.8, 4) is 11.5 Å². The fourth-order valence-corrected chi connectivity index (χ4v) is 2.70. The fourth-order valence-electron chi connectivity index (χ4n) is 2.70. The van der Waals surface area contributed by atoms with E-state index in [9.17, 15) is 13.6 Å². The summed E-state index contributed by atoms with van der Waals surface area (Å²) < 4.78 is 38.1. The van der Waals surface area contributed by atoms with E-state index in [2.05, 4.69) is 5.32 Å². The molecule has 0 heterocycles.